The van der Waals surface area contributed by atoms with Gasteiger partial charge >= 0.3 is 0 Å². The van der Waals surface area contributed by atoms with E-state index in [-0.39, 0.29) is 6.10 Å². The van der Waals surface area contributed by atoms with Gasteiger partial charge in [-0.25, -0.2) is 0 Å². The molecule has 0 saturated carbocycles. The molecular weight excluding hydrogens is 336 g/mol. The number of ether oxygens (including phenoxy) is 1. The van der Waals surface area contributed by atoms with Gasteiger partial charge in [0.2, 0.25) is 0 Å². The van der Waals surface area contributed by atoms with E-state index in [0.717, 1.165) is 5.75 Å². The van der Waals surface area contributed by atoms with E-state index < -0.39 is 0 Å². The van der Waals surface area contributed by atoms with Crippen LogP contribution in [-0.4, -0.2) is 6.10 Å². The Morgan fingerprint density at radius 1 is 1.05 bits per heavy atom. The van der Waals surface area contributed by atoms with Gasteiger partial charge < -0.3 is 4.74 Å². The number of hydrogen-bond acceptors (Lipinski definition) is 1. The summed E-state index contributed by atoms with van der Waals surface area (Å²) in [6, 6.07) is 11.3. The van der Waals surface area contributed by atoms with E-state index in [0.29, 0.717) is 11.8 Å². The highest BCUT2D eigenvalue weighted by Gasteiger charge is 2.34. The summed E-state index contributed by atoms with van der Waals surface area (Å²) in [6.07, 6.45) is 0.173. The Balaban J connectivity index is 2.07. The molecule has 22 heavy (non-hydrogen) atoms. The molecule has 0 amide bonds. The average Bonchev–Trinajstić information content (AvgIpc) is 2.81. The van der Waals surface area contributed by atoms with E-state index in [9.17, 15) is 0 Å². The zero-order valence-corrected chi connectivity index (χ0v) is 15.5. The summed E-state index contributed by atoms with van der Waals surface area (Å²) in [5.41, 5.74) is 6.54. The normalized spacial score (nSPS) is 20.1. The van der Waals surface area contributed by atoms with E-state index in [4.69, 9.17) is 4.74 Å². The predicted molar refractivity (Wildman–Crippen MR) is 96.1 cm³/mol. The molecule has 1 aliphatic heterocycles. The summed E-state index contributed by atoms with van der Waals surface area (Å²) in [5, 5.41) is 0. The lowest BCUT2D eigenvalue weighted by molar-refractivity contribution is 0.237. The summed E-state index contributed by atoms with van der Waals surface area (Å²) in [6.45, 7) is 10.9. The maximum atomic E-state index is 6.20. The fourth-order valence-electron chi connectivity index (χ4n) is 3.31. The number of hydrogen-bond donors (Lipinski definition) is 0. The SMILES string of the molecule is Cc1c(Br)cc2c(c1C)OC(C)C2c1ccc(C(C)C)cc1. The molecule has 0 aromatic heterocycles. The zero-order valence-electron chi connectivity index (χ0n) is 13.9. The first-order chi connectivity index (χ1) is 10.4. The lowest BCUT2D eigenvalue weighted by Gasteiger charge is -2.16. The molecule has 3 rings (SSSR count). The van der Waals surface area contributed by atoms with Crippen molar-refractivity contribution in [3.63, 3.8) is 0 Å². The molecule has 0 radical (unpaired) electrons. The first kappa shape index (κ1) is 15.6. The van der Waals surface area contributed by atoms with Crippen LogP contribution in [0.2, 0.25) is 0 Å². The van der Waals surface area contributed by atoms with Gasteiger partial charge in [-0.2, -0.15) is 0 Å². The van der Waals surface area contributed by atoms with E-state index in [2.05, 4.69) is 80.9 Å². The minimum atomic E-state index is 0.173. The van der Waals surface area contributed by atoms with Gasteiger partial charge in [-0.1, -0.05) is 54.0 Å². The molecule has 0 fully saturated rings. The van der Waals surface area contributed by atoms with Crippen LogP contribution in [-0.2, 0) is 0 Å². The highest BCUT2D eigenvalue weighted by atomic mass is 79.9. The van der Waals surface area contributed by atoms with E-state index in [1.165, 1.54) is 32.3 Å². The van der Waals surface area contributed by atoms with Crippen molar-refractivity contribution in [1.82, 2.24) is 0 Å². The van der Waals surface area contributed by atoms with E-state index in [1.807, 2.05) is 0 Å². The summed E-state index contributed by atoms with van der Waals surface area (Å²) in [7, 11) is 0. The third-order valence-corrected chi connectivity index (χ3v) is 5.70. The molecule has 0 saturated heterocycles. The maximum Gasteiger partial charge on any atom is 0.126 e. The molecule has 2 aromatic carbocycles. The van der Waals surface area contributed by atoms with Crippen molar-refractivity contribution < 1.29 is 4.74 Å². The Morgan fingerprint density at radius 2 is 1.68 bits per heavy atom. The molecule has 2 heteroatoms. The molecule has 1 heterocycles. The van der Waals surface area contributed by atoms with Crippen LogP contribution in [0.25, 0.3) is 0 Å². The maximum absolute atomic E-state index is 6.20. The van der Waals surface area contributed by atoms with Gasteiger partial charge in [-0.3, -0.25) is 0 Å². The predicted octanol–water partition coefficient (Wildman–Crippen LogP) is 6.10. The molecule has 2 atom stereocenters. The monoisotopic (exact) mass is 358 g/mol. The lowest BCUT2D eigenvalue weighted by Crippen LogP contribution is -2.15. The van der Waals surface area contributed by atoms with Crippen molar-refractivity contribution >= 4 is 15.9 Å². The number of benzene rings is 2. The molecule has 0 spiro atoms. The van der Waals surface area contributed by atoms with Gasteiger partial charge in [0, 0.05) is 16.0 Å². The van der Waals surface area contributed by atoms with Crippen LogP contribution < -0.4 is 4.74 Å². The number of halogens is 1. The van der Waals surface area contributed by atoms with Crippen LogP contribution in [0.3, 0.4) is 0 Å². The van der Waals surface area contributed by atoms with Crippen molar-refractivity contribution in [1.29, 1.82) is 0 Å². The molecule has 0 aliphatic carbocycles. The van der Waals surface area contributed by atoms with Crippen molar-refractivity contribution in [2.75, 3.05) is 0 Å². The quantitative estimate of drug-likeness (QED) is 0.629. The summed E-state index contributed by atoms with van der Waals surface area (Å²) in [4.78, 5) is 0. The summed E-state index contributed by atoms with van der Waals surface area (Å²) >= 11 is 3.69. The van der Waals surface area contributed by atoms with Crippen LogP contribution in [0.4, 0.5) is 0 Å². The van der Waals surface area contributed by atoms with Gasteiger partial charge in [0.05, 0.1) is 0 Å². The Hall–Kier alpha value is -1.28. The molecule has 1 aliphatic rings. The first-order valence-electron chi connectivity index (χ1n) is 7.96. The molecule has 1 nitrogen and oxygen atoms in total. The average molecular weight is 359 g/mol. The van der Waals surface area contributed by atoms with Crippen LogP contribution in [0.1, 0.15) is 60.4 Å². The second-order valence-corrected chi connectivity index (χ2v) is 7.50. The topological polar surface area (TPSA) is 9.23 Å². The van der Waals surface area contributed by atoms with Gasteiger partial charge in [0.25, 0.3) is 0 Å². The minimum Gasteiger partial charge on any atom is -0.489 e. The third-order valence-electron chi connectivity index (χ3n) is 4.88. The molecule has 2 unspecified atom stereocenters. The second kappa shape index (κ2) is 5.73. The second-order valence-electron chi connectivity index (χ2n) is 6.65. The lowest BCUT2D eigenvalue weighted by atomic mass is 9.86. The third kappa shape index (κ3) is 2.48. The Morgan fingerprint density at radius 3 is 2.27 bits per heavy atom. The fourth-order valence-corrected chi connectivity index (χ4v) is 3.85. The van der Waals surface area contributed by atoms with Gasteiger partial charge in [0.1, 0.15) is 11.9 Å². The molecular formula is C20H23BrO. The highest BCUT2D eigenvalue weighted by molar-refractivity contribution is 9.10. The summed E-state index contributed by atoms with van der Waals surface area (Å²) in [5.74, 6) is 1.95. The number of rotatable bonds is 2. The molecule has 116 valence electrons. The van der Waals surface area contributed by atoms with Crippen LogP contribution >= 0.6 is 15.9 Å². The zero-order chi connectivity index (χ0) is 16.0. The molecule has 0 N–H and O–H groups in total. The standard InChI is InChI=1S/C20H23BrO/c1-11(2)15-6-8-16(9-7-15)19-14(5)22-20-13(4)12(3)18(21)10-17(19)20/h6-11,14,19H,1-5H3. The van der Waals surface area contributed by atoms with Crippen molar-refractivity contribution in [3.05, 3.63) is 62.6 Å². The Labute approximate surface area is 141 Å². The summed E-state index contributed by atoms with van der Waals surface area (Å²) < 4.78 is 7.37. The molecule has 0 bridgehead atoms. The van der Waals surface area contributed by atoms with Crippen LogP contribution in [0.15, 0.2) is 34.8 Å². The first-order valence-corrected chi connectivity index (χ1v) is 8.75. The Kier molecular flexibility index (Phi) is 4.07. The van der Waals surface area contributed by atoms with Gasteiger partial charge in [0.15, 0.2) is 0 Å². The fraction of sp³-hybridized carbons (Fsp3) is 0.400. The highest BCUT2D eigenvalue weighted by Crippen LogP contribution is 2.46. The van der Waals surface area contributed by atoms with Crippen molar-refractivity contribution in [2.24, 2.45) is 0 Å². The molecule has 2 aromatic rings. The van der Waals surface area contributed by atoms with Crippen LogP contribution in [0.5, 0.6) is 5.75 Å². The van der Waals surface area contributed by atoms with E-state index >= 15 is 0 Å². The number of fused-ring (bicyclic) bond motifs is 1. The van der Waals surface area contributed by atoms with E-state index in [1.54, 1.807) is 0 Å². The largest absolute Gasteiger partial charge is 0.489 e. The van der Waals surface area contributed by atoms with Crippen molar-refractivity contribution in [3.8, 4) is 5.75 Å². The minimum absolute atomic E-state index is 0.173. The van der Waals surface area contributed by atoms with Gasteiger partial charge in [-0.05, 0) is 55.0 Å². The van der Waals surface area contributed by atoms with Crippen molar-refractivity contribution in [2.45, 2.75) is 52.6 Å². The Bertz CT molecular complexity index is 701. The van der Waals surface area contributed by atoms with Gasteiger partial charge in [-0.15, -0.1) is 0 Å². The smallest absolute Gasteiger partial charge is 0.126 e. The van der Waals surface area contributed by atoms with Crippen LogP contribution in [0, 0.1) is 13.8 Å².